The average Bonchev–Trinajstić information content (AvgIpc) is 2.71. The molecule has 3 aromatic rings. The number of carbonyl (C=O) groups is 2. The molecule has 0 bridgehead atoms. The smallest absolute Gasteiger partial charge is 0.451 e. The number of nitrogens with one attached hydrogen (secondary N) is 2. The molecule has 11 heteroatoms. The molecule has 1 amide bonds. The van der Waals surface area contributed by atoms with E-state index in [0.717, 1.165) is 0 Å². The minimum absolute atomic E-state index is 0.0452. The maximum absolute atomic E-state index is 13.2. The molecule has 1 aromatic heterocycles. The minimum Gasteiger partial charge on any atom is -0.497 e. The van der Waals surface area contributed by atoms with Crippen LogP contribution >= 0.6 is 0 Å². The monoisotopic (exact) mass is 420 g/mol. The summed E-state index contributed by atoms with van der Waals surface area (Å²) in [6.45, 7) is -0.532. The lowest BCUT2D eigenvalue weighted by Gasteiger charge is -2.13. The number of nitrogens with zero attached hydrogens (tertiary/aromatic N) is 2. The molecule has 0 aliphatic rings. The van der Waals surface area contributed by atoms with Gasteiger partial charge in [0.25, 0.3) is 5.91 Å². The Balaban J connectivity index is 1.92. The number of carboxylic acid groups (broad SMARTS) is 1. The average molecular weight is 420 g/mol. The van der Waals surface area contributed by atoms with Crippen LogP contribution in [0.25, 0.3) is 10.9 Å². The number of carbonyl (C=O) groups excluding carboxylic acids is 1. The Hall–Kier alpha value is -3.89. The van der Waals surface area contributed by atoms with Crippen LogP contribution in [0.1, 0.15) is 16.2 Å². The van der Waals surface area contributed by atoms with Gasteiger partial charge in [-0.1, -0.05) is 0 Å². The third kappa shape index (κ3) is 4.74. The van der Waals surface area contributed by atoms with E-state index in [1.165, 1.54) is 43.5 Å². The number of ether oxygens (including phenoxy) is 1. The second-order valence-electron chi connectivity index (χ2n) is 6.06. The fourth-order valence-electron chi connectivity index (χ4n) is 2.56. The summed E-state index contributed by atoms with van der Waals surface area (Å²) in [5.74, 6) is -2.82. The molecule has 0 fully saturated rings. The fraction of sp³-hybridized carbons (Fsp3) is 0.158. The van der Waals surface area contributed by atoms with Crippen molar-refractivity contribution < 1.29 is 32.6 Å². The number of benzene rings is 2. The lowest BCUT2D eigenvalue weighted by atomic mass is 10.1. The van der Waals surface area contributed by atoms with Gasteiger partial charge in [0.15, 0.2) is 0 Å². The van der Waals surface area contributed by atoms with Crippen LogP contribution in [0, 0.1) is 0 Å². The van der Waals surface area contributed by atoms with Crippen molar-refractivity contribution in [1.82, 2.24) is 15.3 Å². The number of anilines is 2. The predicted octanol–water partition coefficient (Wildman–Crippen LogP) is 3.22. The number of fused-ring (bicyclic) bond motifs is 1. The summed E-state index contributed by atoms with van der Waals surface area (Å²) in [6.07, 6.45) is -4.75. The maximum atomic E-state index is 13.2. The highest BCUT2D eigenvalue weighted by Gasteiger charge is 2.35. The van der Waals surface area contributed by atoms with Gasteiger partial charge in [-0.15, -0.1) is 0 Å². The first-order valence-corrected chi connectivity index (χ1v) is 8.47. The number of alkyl halides is 3. The van der Waals surface area contributed by atoms with Crippen LogP contribution in [0.3, 0.4) is 0 Å². The topological polar surface area (TPSA) is 113 Å². The Morgan fingerprint density at radius 2 is 1.80 bits per heavy atom. The summed E-state index contributed by atoms with van der Waals surface area (Å²) >= 11 is 0. The fourth-order valence-corrected chi connectivity index (χ4v) is 2.56. The molecule has 8 nitrogen and oxygen atoms in total. The van der Waals surface area contributed by atoms with Gasteiger partial charge < -0.3 is 20.5 Å². The highest BCUT2D eigenvalue weighted by Crippen LogP contribution is 2.32. The van der Waals surface area contributed by atoms with Crippen LogP contribution in [0.4, 0.5) is 24.7 Å². The molecule has 0 aliphatic carbocycles. The van der Waals surface area contributed by atoms with Crippen molar-refractivity contribution in [3.8, 4) is 5.75 Å². The highest BCUT2D eigenvalue weighted by atomic mass is 19.4. The zero-order valence-corrected chi connectivity index (χ0v) is 15.4. The van der Waals surface area contributed by atoms with Gasteiger partial charge in [-0.25, -0.2) is 9.97 Å². The molecule has 0 spiro atoms. The second-order valence-corrected chi connectivity index (χ2v) is 6.06. The van der Waals surface area contributed by atoms with Crippen molar-refractivity contribution in [2.75, 3.05) is 19.0 Å². The highest BCUT2D eigenvalue weighted by molar-refractivity contribution is 5.96. The zero-order valence-electron chi connectivity index (χ0n) is 15.4. The first-order valence-electron chi connectivity index (χ1n) is 8.47. The van der Waals surface area contributed by atoms with Gasteiger partial charge >= 0.3 is 12.1 Å². The van der Waals surface area contributed by atoms with Gasteiger partial charge in [0.2, 0.25) is 5.82 Å². The molecule has 0 radical (unpaired) electrons. The molecule has 156 valence electrons. The summed E-state index contributed by atoms with van der Waals surface area (Å²) in [6, 6.07) is 10.2. The predicted molar refractivity (Wildman–Crippen MR) is 101 cm³/mol. The van der Waals surface area contributed by atoms with E-state index >= 15 is 0 Å². The van der Waals surface area contributed by atoms with Crippen molar-refractivity contribution in [1.29, 1.82) is 0 Å². The van der Waals surface area contributed by atoms with Gasteiger partial charge in [-0.2, -0.15) is 13.2 Å². The van der Waals surface area contributed by atoms with Crippen molar-refractivity contribution in [2.24, 2.45) is 0 Å². The molecular weight excluding hydrogens is 405 g/mol. The van der Waals surface area contributed by atoms with Crippen molar-refractivity contribution in [3.05, 3.63) is 53.9 Å². The van der Waals surface area contributed by atoms with E-state index in [1.54, 1.807) is 6.07 Å². The number of halogens is 3. The van der Waals surface area contributed by atoms with Crippen LogP contribution < -0.4 is 15.4 Å². The lowest BCUT2D eigenvalue weighted by molar-refractivity contribution is -0.144. The van der Waals surface area contributed by atoms with Crippen LogP contribution in [0.5, 0.6) is 5.75 Å². The van der Waals surface area contributed by atoms with Crippen LogP contribution in [0.2, 0.25) is 0 Å². The molecule has 3 rings (SSSR count). The number of hydrogen-bond acceptors (Lipinski definition) is 6. The molecule has 0 saturated carbocycles. The Morgan fingerprint density at radius 3 is 2.40 bits per heavy atom. The number of rotatable bonds is 6. The third-order valence-corrected chi connectivity index (χ3v) is 3.97. The number of aliphatic carboxylic acids is 1. The van der Waals surface area contributed by atoms with E-state index in [2.05, 4.69) is 20.6 Å². The quantitative estimate of drug-likeness (QED) is 0.561. The number of hydrogen-bond donors (Lipinski definition) is 3. The third-order valence-electron chi connectivity index (χ3n) is 3.97. The van der Waals surface area contributed by atoms with E-state index in [0.29, 0.717) is 16.8 Å². The van der Waals surface area contributed by atoms with Gasteiger partial charge in [-0.3, -0.25) is 9.59 Å². The van der Waals surface area contributed by atoms with E-state index in [9.17, 15) is 22.8 Å². The molecule has 0 atom stereocenters. The van der Waals surface area contributed by atoms with Crippen LogP contribution in [0.15, 0.2) is 42.5 Å². The summed E-state index contributed by atoms with van der Waals surface area (Å²) in [4.78, 5) is 29.5. The first-order chi connectivity index (χ1) is 14.2. The van der Waals surface area contributed by atoms with E-state index in [-0.39, 0.29) is 16.9 Å². The molecule has 2 aromatic carbocycles. The Labute approximate surface area is 167 Å². The maximum Gasteiger partial charge on any atom is 0.451 e. The minimum atomic E-state index is -4.75. The first kappa shape index (κ1) is 20.8. The standard InChI is InChI=1S/C19H15F3N4O4/c1-30-12-6-7-13-14(8-12)25-18(19(20,21)22)26-16(13)24-11-4-2-10(3-5-11)17(29)23-9-15(27)28/h2-8H,9H2,1H3,(H,23,29)(H,27,28)(H,24,25,26). The Kier molecular flexibility index (Phi) is 5.72. The molecule has 0 aliphatic heterocycles. The largest absolute Gasteiger partial charge is 0.497 e. The van der Waals surface area contributed by atoms with Crippen molar-refractivity contribution in [2.45, 2.75) is 6.18 Å². The lowest BCUT2D eigenvalue weighted by Crippen LogP contribution is -2.29. The van der Waals surface area contributed by atoms with Gasteiger partial charge in [0, 0.05) is 22.7 Å². The van der Waals surface area contributed by atoms with Crippen molar-refractivity contribution in [3.63, 3.8) is 0 Å². The number of aromatic nitrogens is 2. The number of amides is 1. The zero-order chi connectivity index (χ0) is 21.9. The van der Waals surface area contributed by atoms with Gasteiger partial charge in [-0.05, 0) is 36.4 Å². The number of methoxy groups -OCH3 is 1. The summed E-state index contributed by atoms with van der Waals surface area (Å²) in [5, 5.41) is 13.9. The molecule has 0 unspecified atom stereocenters. The van der Waals surface area contributed by atoms with Crippen LogP contribution in [-0.4, -0.2) is 40.6 Å². The summed E-state index contributed by atoms with van der Waals surface area (Å²) in [5.41, 5.74) is 0.604. The normalized spacial score (nSPS) is 11.2. The second kappa shape index (κ2) is 8.23. The summed E-state index contributed by atoms with van der Waals surface area (Å²) < 4.78 is 44.7. The Bertz CT molecular complexity index is 1100. The molecule has 30 heavy (non-hydrogen) atoms. The van der Waals surface area contributed by atoms with Gasteiger partial charge in [0.1, 0.15) is 18.1 Å². The van der Waals surface area contributed by atoms with E-state index in [1.807, 2.05) is 0 Å². The SMILES string of the molecule is COc1ccc2c(Nc3ccc(C(=O)NCC(=O)O)cc3)nc(C(F)(F)F)nc2c1. The Morgan fingerprint density at radius 1 is 1.10 bits per heavy atom. The molecule has 1 heterocycles. The molecule has 3 N–H and O–H groups in total. The van der Waals surface area contributed by atoms with Gasteiger partial charge in [0.05, 0.1) is 12.6 Å². The molecular formula is C19H15F3N4O4. The van der Waals surface area contributed by atoms with E-state index < -0.39 is 30.4 Å². The summed E-state index contributed by atoms with van der Waals surface area (Å²) in [7, 11) is 1.39. The van der Waals surface area contributed by atoms with Crippen LogP contribution in [-0.2, 0) is 11.0 Å². The van der Waals surface area contributed by atoms with E-state index in [4.69, 9.17) is 9.84 Å². The van der Waals surface area contributed by atoms with Crippen molar-refractivity contribution >= 4 is 34.3 Å². The molecule has 0 saturated heterocycles. The number of carboxylic acids is 1.